The summed E-state index contributed by atoms with van der Waals surface area (Å²) in [5.74, 6) is 0. The van der Waals surface area contributed by atoms with Crippen molar-refractivity contribution < 1.29 is 24.2 Å². The summed E-state index contributed by atoms with van der Waals surface area (Å²) >= 11 is 0. The molecule has 1 fully saturated rings. The molecule has 0 aromatic rings. The van der Waals surface area contributed by atoms with E-state index in [-0.39, 0.29) is 19.5 Å². The molecule has 0 unspecified atom stereocenters. The summed E-state index contributed by atoms with van der Waals surface area (Å²) in [5, 5.41) is 4.05. The molecule has 11 heavy (non-hydrogen) atoms. The molecule has 1 aliphatic rings. The molecule has 1 heterocycles. The summed E-state index contributed by atoms with van der Waals surface area (Å²) in [7, 11) is 0. The van der Waals surface area contributed by atoms with Crippen molar-refractivity contribution in [3.05, 3.63) is 19.2 Å². The molecule has 2 nitrogen and oxygen atoms in total. The molecule has 0 aliphatic carbocycles. The average molecular weight is 210 g/mol. The second kappa shape index (κ2) is 22.4. The van der Waals surface area contributed by atoms with Gasteiger partial charge in [-0.25, -0.2) is 0 Å². The molecular formula is C8H18NOZn-3. The van der Waals surface area contributed by atoms with Gasteiger partial charge in [-0.2, -0.15) is 13.8 Å². The minimum absolute atomic E-state index is 0. The van der Waals surface area contributed by atoms with Crippen LogP contribution in [-0.4, -0.2) is 26.3 Å². The van der Waals surface area contributed by atoms with E-state index in [4.69, 9.17) is 4.74 Å². The summed E-state index contributed by atoms with van der Waals surface area (Å²) in [6.45, 7) is 13.5. The number of ether oxygens (including phenoxy) is 1. The van der Waals surface area contributed by atoms with Crippen LogP contribution in [0, 0.1) is 13.8 Å². The molecule has 0 N–H and O–H groups in total. The van der Waals surface area contributed by atoms with E-state index in [1.54, 1.807) is 13.8 Å². The summed E-state index contributed by atoms with van der Waals surface area (Å²) in [6.07, 6.45) is 0. The van der Waals surface area contributed by atoms with E-state index in [1.165, 1.54) is 0 Å². The predicted octanol–water partition coefficient (Wildman–Crippen LogP) is 2.07. The number of nitrogens with zero attached hydrogens (tertiary/aromatic N) is 1. The van der Waals surface area contributed by atoms with Crippen molar-refractivity contribution in [1.82, 2.24) is 0 Å². The molecule has 1 rings (SSSR count). The van der Waals surface area contributed by atoms with E-state index in [1.807, 2.05) is 0 Å². The van der Waals surface area contributed by atoms with Gasteiger partial charge in [-0.1, -0.05) is 0 Å². The summed E-state index contributed by atoms with van der Waals surface area (Å²) in [5.41, 5.74) is 0. The monoisotopic (exact) mass is 208 g/mol. The normalized spacial score (nSPS) is 14.2. The quantitative estimate of drug-likeness (QED) is 0.443. The van der Waals surface area contributed by atoms with Gasteiger partial charge in [0.1, 0.15) is 0 Å². The third-order valence-electron chi connectivity index (χ3n) is 0.787. The van der Waals surface area contributed by atoms with Gasteiger partial charge in [0.15, 0.2) is 0 Å². The van der Waals surface area contributed by atoms with Crippen LogP contribution < -0.4 is 0 Å². The van der Waals surface area contributed by atoms with Gasteiger partial charge >= 0.3 is 0 Å². The van der Waals surface area contributed by atoms with Crippen molar-refractivity contribution in [2.75, 3.05) is 26.3 Å². The number of hydrogen-bond donors (Lipinski definition) is 0. The largest absolute Gasteiger partial charge is 0.659 e. The molecule has 0 atom stereocenters. The fourth-order valence-corrected chi connectivity index (χ4v) is 0.472. The van der Waals surface area contributed by atoms with E-state index in [2.05, 4.69) is 19.2 Å². The predicted molar refractivity (Wildman–Crippen MR) is 46.0 cm³/mol. The Morgan fingerprint density at radius 1 is 1.00 bits per heavy atom. The Bertz CT molecular complexity index is 29.6. The molecule has 1 aliphatic heterocycles. The standard InChI is InChI=1S/C4H8NO.2C2H5.Zn/c1-3-6-4-2-5-1;2*1-2;/h1-4H2;2*1H2,2H3;/q3*-1;. The number of morpholine rings is 1. The minimum atomic E-state index is 0. The number of hydrogen-bond acceptors (Lipinski definition) is 1. The van der Waals surface area contributed by atoms with Gasteiger partial charge in [0.2, 0.25) is 0 Å². The Kier molecular flexibility index (Phi) is 35.8. The molecule has 66 valence electrons. The maximum atomic E-state index is 4.98. The molecule has 0 spiro atoms. The molecule has 3 heteroatoms. The van der Waals surface area contributed by atoms with Crippen molar-refractivity contribution in [1.29, 1.82) is 0 Å². The second-order valence-corrected chi connectivity index (χ2v) is 1.28. The van der Waals surface area contributed by atoms with Crippen molar-refractivity contribution >= 4 is 0 Å². The van der Waals surface area contributed by atoms with E-state index >= 15 is 0 Å². The smallest absolute Gasteiger partial charge is 0.0277 e. The zero-order valence-electron chi connectivity index (χ0n) is 7.81. The zero-order valence-corrected chi connectivity index (χ0v) is 10.8. The molecule has 0 amide bonds. The SMILES string of the molecule is C1COCC[N-]1.[CH2-]C.[CH2-]C.[Zn]. The van der Waals surface area contributed by atoms with Crippen LogP contribution in [0.4, 0.5) is 0 Å². The van der Waals surface area contributed by atoms with Gasteiger partial charge in [0, 0.05) is 32.7 Å². The minimum Gasteiger partial charge on any atom is -0.659 e. The summed E-state index contributed by atoms with van der Waals surface area (Å²) in [6, 6.07) is 0. The van der Waals surface area contributed by atoms with Gasteiger partial charge in [-0.3, -0.25) is 0 Å². The van der Waals surface area contributed by atoms with Gasteiger partial charge in [0.05, 0.1) is 0 Å². The first-order valence-electron chi connectivity index (χ1n) is 3.62. The molecule has 0 bridgehead atoms. The molecule has 0 saturated carbocycles. The van der Waals surface area contributed by atoms with Crippen molar-refractivity contribution in [3.8, 4) is 0 Å². The molecule has 0 aromatic heterocycles. The average Bonchev–Trinajstić information content (AvgIpc) is 2.14. The van der Waals surface area contributed by atoms with E-state index in [9.17, 15) is 0 Å². The topological polar surface area (TPSA) is 23.3 Å². The molecule has 0 radical (unpaired) electrons. The van der Waals surface area contributed by atoms with Crippen LogP contribution in [0.15, 0.2) is 0 Å². The fraction of sp³-hybridized carbons (Fsp3) is 0.750. The Labute approximate surface area is 83.8 Å². The van der Waals surface area contributed by atoms with E-state index in [0.29, 0.717) is 0 Å². The molecule has 0 aromatic carbocycles. The molecule has 1 saturated heterocycles. The van der Waals surface area contributed by atoms with Crippen molar-refractivity contribution in [2.24, 2.45) is 0 Å². The van der Waals surface area contributed by atoms with Gasteiger partial charge in [-0.15, -0.1) is 13.1 Å². The van der Waals surface area contributed by atoms with Gasteiger partial charge in [-0.05, 0) is 0 Å². The second-order valence-electron chi connectivity index (χ2n) is 1.28. The van der Waals surface area contributed by atoms with Gasteiger partial charge < -0.3 is 23.9 Å². The van der Waals surface area contributed by atoms with Crippen LogP contribution in [0.2, 0.25) is 0 Å². The van der Waals surface area contributed by atoms with Crippen LogP contribution in [-0.2, 0) is 24.2 Å². The summed E-state index contributed by atoms with van der Waals surface area (Å²) in [4.78, 5) is 0. The van der Waals surface area contributed by atoms with Crippen LogP contribution in [0.1, 0.15) is 13.8 Å². The first kappa shape index (κ1) is 17.6. The third-order valence-corrected chi connectivity index (χ3v) is 0.787. The van der Waals surface area contributed by atoms with Crippen molar-refractivity contribution in [2.45, 2.75) is 13.8 Å². The molecular weight excluding hydrogens is 191 g/mol. The Morgan fingerprint density at radius 2 is 1.36 bits per heavy atom. The first-order valence-corrected chi connectivity index (χ1v) is 3.62. The zero-order chi connectivity index (χ0) is 8.24. The van der Waals surface area contributed by atoms with Crippen molar-refractivity contribution in [3.63, 3.8) is 0 Å². The van der Waals surface area contributed by atoms with Crippen LogP contribution in [0.25, 0.3) is 5.32 Å². The van der Waals surface area contributed by atoms with Crippen LogP contribution in [0.3, 0.4) is 0 Å². The van der Waals surface area contributed by atoms with Crippen LogP contribution in [0.5, 0.6) is 0 Å². The first-order chi connectivity index (χ1) is 5.00. The summed E-state index contributed by atoms with van der Waals surface area (Å²) < 4.78 is 4.98. The van der Waals surface area contributed by atoms with E-state index in [0.717, 1.165) is 26.3 Å². The van der Waals surface area contributed by atoms with E-state index < -0.39 is 0 Å². The Morgan fingerprint density at radius 3 is 1.45 bits per heavy atom. The maximum Gasteiger partial charge on any atom is 0.0277 e. The van der Waals surface area contributed by atoms with Gasteiger partial charge in [0.25, 0.3) is 0 Å². The van der Waals surface area contributed by atoms with Crippen LogP contribution >= 0.6 is 0 Å². The number of rotatable bonds is 0. The Hall–Kier alpha value is 0.543. The fourth-order valence-electron chi connectivity index (χ4n) is 0.472. The Balaban J connectivity index is -0.000000114. The maximum absolute atomic E-state index is 4.98. The third kappa shape index (κ3) is 18.0.